The highest BCUT2D eigenvalue weighted by atomic mass is 16.3. The van der Waals surface area contributed by atoms with Crippen LogP contribution in [0.25, 0.3) is 78.4 Å². The van der Waals surface area contributed by atoms with Crippen molar-refractivity contribution < 1.29 is 11.3 Å². The molecule has 43 heavy (non-hydrogen) atoms. The minimum Gasteiger partial charge on any atom is -0.455 e. The summed E-state index contributed by atoms with van der Waals surface area (Å²) in [6, 6.07) is 37.4. The van der Waals surface area contributed by atoms with Crippen LogP contribution in [0.4, 0.5) is 0 Å². The van der Waals surface area contributed by atoms with Gasteiger partial charge in [-0.2, -0.15) is 0 Å². The van der Waals surface area contributed by atoms with Crippen LogP contribution >= 0.6 is 0 Å². The second kappa shape index (κ2) is 10.5. The molecule has 4 nitrogen and oxygen atoms in total. The van der Waals surface area contributed by atoms with Gasteiger partial charge in [0.25, 0.3) is 0 Å². The van der Waals surface area contributed by atoms with E-state index in [0.29, 0.717) is 39.8 Å². The maximum absolute atomic E-state index is 8.54. The topological polar surface area (TPSA) is 51.8 Å². The van der Waals surface area contributed by atoms with E-state index in [1.54, 1.807) is 12.1 Å². The van der Waals surface area contributed by atoms with Gasteiger partial charge in [0, 0.05) is 33.0 Å². The van der Waals surface area contributed by atoms with Crippen molar-refractivity contribution in [1.82, 2.24) is 15.0 Å². The van der Waals surface area contributed by atoms with E-state index < -0.39 is 18.1 Å². The van der Waals surface area contributed by atoms with Gasteiger partial charge < -0.3 is 4.42 Å². The molecule has 0 saturated heterocycles. The fourth-order valence-electron chi connectivity index (χ4n) is 5.34. The average molecular weight is 557 g/mol. The number of para-hydroxylation sites is 1. The summed E-state index contributed by atoms with van der Waals surface area (Å²) in [5.41, 5.74) is 6.07. The average Bonchev–Trinajstić information content (AvgIpc) is 3.52. The molecular formula is C39H25N3O. The fourth-order valence-corrected chi connectivity index (χ4v) is 5.34. The summed E-state index contributed by atoms with van der Waals surface area (Å²) in [7, 11) is 0. The Balaban J connectivity index is 1.29. The van der Waals surface area contributed by atoms with E-state index in [1.807, 2.05) is 84.9 Å². The molecule has 8 aromatic rings. The lowest BCUT2D eigenvalue weighted by Crippen LogP contribution is -2.00. The van der Waals surface area contributed by atoms with E-state index in [0.717, 1.165) is 33.0 Å². The van der Waals surface area contributed by atoms with Crippen molar-refractivity contribution in [2.45, 2.75) is 0 Å². The molecule has 6 aromatic carbocycles. The fraction of sp³-hybridized carbons (Fsp3) is 0. The van der Waals surface area contributed by atoms with Crippen molar-refractivity contribution in [2.24, 2.45) is 0 Å². The molecule has 0 aliphatic carbocycles. The Morgan fingerprint density at radius 1 is 0.442 bits per heavy atom. The first-order valence-corrected chi connectivity index (χ1v) is 13.9. The zero-order valence-corrected chi connectivity index (χ0v) is 22.8. The molecule has 0 saturated carbocycles. The van der Waals surface area contributed by atoms with Gasteiger partial charge in [-0.1, -0.05) is 133 Å². The first-order chi connectivity index (χ1) is 23.4. The van der Waals surface area contributed by atoms with Gasteiger partial charge in [-0.15, -0.1) is 0 Å². The number of furan rings is 1. The third-order valence-corrected chi connectivity index (χ3v) is 7.42. The summed E-state index contributed by atoms with van der Waals surface area (Å²) in [5, 5.41) is 1.58. The largest absolute Gasteiger partial charge is 0.455 e. The van der Waals surface area contributed by atoms with E-state index in [9.17, 15) is 0 Å². The van der Waals surface area contributed by atoms with Gasteiger partial charge in [0.15, 0.2) is 17.5 Å². The molecule has 0 radical (unpaired) electrons. The summed E-state index contributed by atoms with van der Waals surface area (Å²) in [6.45, 7) is 0. The first-order valence-electron chi connectivity index (χ1n) is 16.4. The lowest BCUT2D eigenvalue weighted by molar-refractivity contribution is 0.670. The highest BCUT2D eigenvalue weighted by Gasteiger charge is 2.16. The predicted octanol–water partition coefficient (Wildman–Crippen LogP) is 10.1. The first kappa shape index (κ1) is 20.1. The van der Waals surface area contributed by atoms with Crippen molar-refractivity contribution >= 4 is 21.9 Å². The van der Waals surface area contributed by atoms with Gasteiger partial charge in [-0.05, 0) is 34.9 Å². The monoisotopic (exact) mass is 556 g/mol. The lowest BCUT2D eigenvalue weighted by atomic mass is 10.0. The van der Waals surface area contributed by atoms with E-state index >= 15 is 0 Å². The second-order valence-corrected chi connectivity index (χ2v) is 10.1. The van der Waals surface area contributed by atoms with E-state index in [1.165, 1.54) is 0 Å². The van der Waals surface area contributed by atoms with Crippen LogP contribution in [-0.4, -0.2) is 15.0 Å². The van der Waals surface area contributed by atoms with Crippen LogP contribution in [0.5, 0.6) is 0 Å². The van der Waals surface area contributed by atoms with Crippen molar-refractivity contribution in [3.05, 3.63) is 152 Å². The van der Waals surface area contributed by atoms with Crippen LogP contribution in [0.15, 0.2) is 156 Å². The molecule has 0 aliphatic rings. The Labute approximate surface area is 256 Å². The number of rotatable bonds is 5. The SMILES string of the molecule is [2H]c1c([2H])c([2H])c(-c2cccc3c2oc2cc(-c4nc(-c5ccccc5)nc(-c5cccc(-c6ccccc6)c5)n4)ccc23)c([2H])c1[2H]. The van der Waals surface area contributed by atoms with Crippen LogP contribution in [0, 0.1) is 0 Å². The minimum atomic E-state index is -0.437. The molecule has 0 bridgehead atoms. The van der Waals surface area contributed by atoms with Crippen LogP contribution in [0.1, 0.15) is 6.85 Å². The van der Waals surface area contributed by atoms with E-state index in [4.69, 9.17) is 26.2 Å². The molecule has 0 amide bonds. The zero-order chi connectivity index (χ0) is 32.9. The quantitative estimate of drug-likeness (QED) is 0.212. The number of aromatic nitrogens is 3. The highest BCUT2D eigenvalue weighted by Crippen LogP contribution is 2.37. The highest BCUT2D eigenvalue weighted by molar-refractivity contribution is 6.10. The van der Waals surface area contributed by atoms with E-state index in [-0.39, 0.29) is 17.6 Å². The summed E-state index contributed by atoms with van der Waals surface area (Å²) in [4.78, 5) is 14.7. The molecule has 2 aromatic heterocycles. The lowest BCUT2D eigenvalue weighted by Gasteiger charge is -2.09. The Hall–Kier alpha value is -5.87. The molecule has 0 unspecified atom stereocenters. The normalized spacial score (nSPS) is 12.9. The third kappa shape index (κ3) is 4.65. The minimum absolute atomic E-state index is 0.0956. The van der Waals surface area contributed by atoms with Gasteiger partial charge in [0.05, 0.1) is 6.85 Å². The third-order valence-electron chi connectivity index (χ3n) is 7.42. The van der Waals surface area contributed by atoms with Gasteiger partial charge >= 0.3 is 0 Å². The molecule has 0 atom stereocenters. The number of nitrogens with zero attached hydrogens (tertiary/aromatic N) is 3. The van der Waals surface area contributed by atoms with E-state index in [2.05, 4.69) is 24.3 Å². The number of hydrogen-bond acceptors (Lipinski definition) is 4. The molecule has 0 aliphatic heterocycles. The maximum atomic E-state index is 8.54. The van der Waals surface area contributed by atoms with Gasteiger partial charge in [-0.3, -0.25) is 0 Å². The molecule has 202 valence electrons. The molecule has 8 rings (SSSR count). The van der Waals surface area contributed by atoms with Crippen molar-refractivity contribution in [3.63, 3.8) is 0 Å². The van der Waals surface area contributed by atoms with Gasteiger partial charge in [-0.25, -0.2) is 15.0 Å². The smallest absolute Gasteiger partial charge is 0.164 e. The second-order valence-electron chi connectivity index (χ2n) is 10.1. The summed E-state index contributed by atoms with van der Waals surface area (Å²) in [5.74, 6) is 1.54. The zero-order valence-electron chi connectivity index (χ0n) is 27.8. The Kier molecular flexibility index (Phi) is 4.91. The van der Waals surface area contributed by atoms with Crippen LogP contribution in [0.2, 0.25) is 0 Å². The Bertz CT molecular complexity index is 2490. The molecule has 0 spiro atoms. The molecule has 2 heterocycles. The summed E-state index contributed by atoms with van der Waals surface area (Å²) in [6.07, 6.45) is 0. The summed E-state index contributed by atoms with van der Waals surface area (Å²) >= 11 is 0. The molecule has 0 fully saturated rings. The standard InChI is InChI=1S/C39H25N3O/c1-4-12-26(13-5-1)29-18-10-19-30(24-29)38-40-37(28-16-8-3-9-17-28)41-39(42-38)31-22-23-33-34-21-11-20-32(27-14-6-2-7-15-27)36(34)43-35(33)25-31/h1-25H/i2D,6D,7D,14D,15D. The van der Waals surface area contributed by atoms with Crippen molar-refractivity contribution in [2.75, 3.05) is 0 Å². The predicted molar refractivity (Wildman–Crippen MR) is 174 cm³/mol. The Morgan fingerprint density at radius 2 is 1.05 bits per heavy atom. The maximum Gasteiger partial charge on any atom is 0.164 e. The van der Waals surface area contributed by atoms with Crippen LogP contribution < -0.4 is 0 Å². The molecule has 4 heteroatoms. The number of fused-ring (bicyclic) bond motifs is 3. The van der Waals surface area contributed by atoms with Gasteiger partial charge in [0.1, 0.15) is 11.2 Å². The molecule has 0 N–H and O–H groups in total. The number of benzene rings is 6. The van der Waals surface area contributed by atoms with Crippen molar-refractivity contribution in [3.8, 4) is 56.4 Å². The number of hydrogen-bond donors (Lipinski definition) is 0. The van der Waals surface area contributed by atoms with Crippen LogP contribution in [0.3, 0.4) is 0 Å². The molecular weight excluding hydrogens is 526 g/mol. The van der Waals surface area contributed by atoms with Crippen LogP contribution in [-0.2, 0) is 0 Å². The Morgan fingerprint density at radius 3 is 1.79 bits per heavy atom. The van der Waals surface area contributed by atoms with Crippen molar-refractivity contribution in [1.29, 1.82) is 0 Å². The van der Waals surface area contributed by atoms with Gasteiger partial charge in [0.2, 0.25) is 0 Å². The summed E-state index contributed by atoms with van der Waals surface area (Å²) < 4.78 is 47.9.